The van der Waals surface area contributed by atoms with E-state index in [1.807, 2.05) is 17.8 Å². The van der Waals surface area contributed by atoms with Crippen LogP contribution in [-0.4, -0.2) is 33.7 Å². The van der Waals surface area contributed by atoms with Gasteiger partial charge in [-0.25, -0.2) is 0 Å². The molecule has 1 aromatic carbocycles. The van der Waals surface area contributed by atoms with Gasteiger partial charge in [-0.1, -0.05) is 23.2 Å². The molecule has 0 saturated heterocycles. The summed E-state index contributed by atoms with van der Waals surface area (Å²) in [6.07, 6.45) is 3.03. The third kappa shape index (κ3) is 4.62. The normalized spacial score (nSPS) is 12.0. The third-order valence-corrected chi connectivity index (χ3v) is 3.88. The fourth-order valence-electron chi connectivity index (χ4n) is 2.13. The first-order valence-corrected chi connectivity index (χ1v) is 8.04. The van der Waals surface area contributed by atoms with E-state index < -0.39 is 6.10 Å². The standard InChI is InChI=1S/C16H19Cl2N3O2/c1-4-21-10-12(8-19-21)9-20(3)16(22)11(2)23-15-6-5-13(17)7-14(15)18/h5-8,10-11H,4,9H2,1-3H3/t11-/m0/s1. The van der Waals surface area contributed by atoms with Crippen LogP contribution in [0, 0.1) is 0 Å². The van der Waals surface area contributed by atoms with Gasteiger partial charge in [-0.2, -0.15) is 5.10 Å². The number of aromatic nitrogens is 2. The smallest absolute Gasteiger partial charge is 0.263 e. The molecule has 1 heterocycles. The monoisotopic (exact) mass is 355 g/mol. The number of ether oxygens (including phenoxy) is 1. The van der Waals surface area contributed by atoms with Crippen molar-refractivity contribution in [3.05, 3.63) is 46.2 Å². The Morgan fingerprint density at radius 3 is 2.78 bits per heavy atom. The van der Waals surface area contributed by atoms with Gasteiger partial charge in [0.1, 0.15) is 5.75 Å². The number of rotatable bonds is 6. The van der Waals surface area contributed by atoms with Crippen LogP contribution in [0.1, 0.15) is 19.4 Å². The molecule has 1 aromatic heterocycles. The molecule has 0 radical (unpaired) electrons. The number of likely N-dealkylation sites (N-methyl/N-ethyl adjacent to an activating group) is 1. The van der Waals surface area contributed by atoms with Gasteiger partial charge in [-0.15, -0.1) is 0 Å². The van der Waals surface area contributed by atoms with Gasteiger partial charge in [0, 0.05) is 36.9 Å². The first-order valence-electron chi connectivity index (χ1n) is 7.28. The number of carbonyl (C=O) groups is 1. The summed E-state index contributed by atoms with van der Waals surface area (Å²) in [5, 5.41) is 5.10. The lowest BCUT2D eigenvalue weighted by molar-refractivity contribution is -0.137. The second kappa shape index (κ2) is 7.70. The highest BCUT2D eigenvalue weighted by Crippen LogP contribution is 2.28. The lowest BCUT2D eigenvalue weighted by Crippen LogP contribution is -2.37. The molecule has 2 rings (SSSR count). The van der Waals surface area contributed by atoms with Crippen LogP contribution >= 0.6 is 23.2 Å². The van der Waals surface area contributed by atoms with Gasteiger partial charge >= 0.3 is 0 Å². The number of halogens is 2. The van der Waals surface area contributed by atoms with Crippen LogP contribution in [0.5, 0.6) is 5.75 Å². The van der Waals surface area contributed by atoms with Crippen molar-refractivity contribution >= 4 is 29.1 Å². The summed E-state index contributed by atoms with van der Waals surface area (Å²) in [6, 6.07) is 4.90. The minimum absolute atomic E-state index is 0.139. The average molecular weight is 356 g/mol. The molecule has 0 fully saturated rings. The molecule has 0 aliphatic carbocycles. The summed E-state index contributed by atoms with van der Waals surface area (Å²) < 4.78 is 7.46. The van der Waals surface area contributed by atoms with Gasteiger partial charge in [0.2, 0.25) is 0 Å². The molecule has 0 spiro atoms. The summed E-state index contributed by atoms with van der Waals surface area (Å²) in [6.45, 7) is 4.98. The molecule has 23 heavy (non-hydrogen) atoms. The van der Waals surface area contributed by atoms with Crippen molar-refractivity contribution in [2.24, 2.45) is 0 Å². The zero-order valence-electron chi connectivity index (χ0n) is 13.3. The van der Waals surface area contributed by atoms with Gasteiger partial charge in [-0.3, -0.25) is 9.48 Å². The minimum Gasteiger partial charge on any atom is -0.479 e. The van der Waals surface area contributed by atoms with Crippen molar-refractivity contribution in [3.63, 3.8) is 0 Å². The minimum atomic E-state index is -0.653. The third-order valence-electron chi connectivity index (χ3n) is 3.35. The molecule has 2 aromatic rings. The van der Waals surface area contributed by atoms with E-state index in [0.717, 1.165) is 12.1 Å². The zero-order valence-corrected chi connectivity index (χ0v) is 14.8. The molecule has 0 aliphatic rings. The summed E-state index contributed by atoms with van der Waals surface area (Å²) in [4.78, 5) is 14.0. The van der Waals surface area contributed by atoms with E-state index in [-0.39, 0.29) is 5.91 Å². The number of hydrogen-bond donors (Lipinski definition) is 0. The van der Waals surface area contributed by atoms with Gasteiger partial charge < -0.3 is 9.64 Å². The van der Waals surface area contributed by atoms with E-state index in [2.05, 4.69) is 5.10 Å². The number of amides is 1. The molecule has 0 aliphatic heterocycles. The number of hydrogen-bond acceptors (Lipinski definition) is 3. The topological polar surface area (TPSA) is 47.4 Å². The summed E-state index contributed by atoms with van der Waals surface area (Å²) in [5.74, 6) is 0.296. The van der Waals surface area contributed by atoms with Gasteiger partial charge in [-0.05, 0) is 32.0 Å². The van der Waals surface area contributed by atoms with Gasteiger partial charge in [0.05, 0.1) is 11.2 Å². The second-order valence-electron chi connectivity index (χ2n) is 5.23. The number of benzene rings is 1. The average Bonchev–Trinajstić information content (AvgIpc) is 2.96. The fraction of sp³-hybridized carbons (Fsp3) is 0.375. The molecule has 1 atom stereocenters. The van der Waals surface area contributed by atoms with Crippen LogP contribution in [-0.2, 0) is 17.9 Å². The quantitative estimate of drug-likeness (QED) is 0.794. The molecule has 0 N–H and O–H groups in total. The van der Waals surface area contributed by atoms with E-state index in [1.165, 1.54) is 0 Å². The Morgan fingerprint density at radius 1 is 1.43 bits per heavy atom. The van der Waals surface area contributed by atoms with E-state index in [0.29, 0.717) is 22.3 Å². The number of nitrogens with zero attached hydrogens (tertiary/aromatic N) is 3. The maximum atomic E-state index is 12.4. The van der Waals surface area contributed by atoms with E-state index in [4.69, 9.17) is 27.9 Å². The second-order valence-corrected chi connectivity index (χ2v) is 6.08. The van der Waals surface area contributed by atoms with E-state index >= 15 is 0 Å². The number of carbonyl (C=O) groups excluding carboxylic acids is 1. The molecule has 1 amide bonds. The highest BCUT2D eigenvalue weighted by Gasteiger charge is 2.20. The van der Waals surface area contributed by atoms with E-state index in [1.54, 1.807) is 43.3 Å². The summed E-state index contributed by atoms with van der Waals surface area (Å²) in [5.41, 5.74) is 0.972. The van der Waals surface area contributed by atoms with Crippen LogP contribution in [0.25, 0.3) is 0 Å². The molecule has 7 heteroatoms. The van der Waals surface area contributed by atoms with Crippen molar-refractivity contribution in [3.8, 4) is 5.75 Å². The highest BCUT2D eigenvalue weighted by molar-refractivity contribution is 6.35. The first kappa shape index (κ1) is 17.6. The fourth-order valence-corrected chi connectivity index (χ4v) is 2.59. The van der Waals surface area contributed by atoms with Crippen LogP contribution < -0.4 is 4.74 Å². The Bertz CT molecular complexity index is 688. The van der Waals surface area contributed by atoms with Crippen molar-refractivity contribution in [1.82, 2.24) is 14.7 Å². The molecule has 0 bridgehead atoms. The molecule has 0 saturated carbocycles. The summed E-state index contributed by atoms with van der Waals surface area (Å²) >= 11 is 11.9. The van der Waals surface area contributed by atoms with Crippen molar-refractivity contribution in [1.29, 1.82) is 0 Å². The lowest BCUT2D eigenvalue weighted by Gasteiger charge is -2.22. The Hall–Kier alpha value is -1.72. The first-order chi connectivity index (χ1) is 10.9. The predicted octanol–water partition coefficient (Wildman–Crippen LogP) is 3.64. The van der Waals surface area contributed by atoms with Crippen molar-refractivity contribution < 1.29 is 9.53 Å². The van der Waals surface area contributed by atoms with Crippen molar-refractivity contribution in [2.75, 3.05) is 7.05 Å². The maximum Gasteiger partial charge on any atom is 0.263 e. The Labute approximate surface area is 145 Å². The largest absolute Gasteiger partial charge is 0.479 e. The maximum absolute atomic E-state index is 12.4. The summed E-state index contributed by atoms with van der Waals surface area (Å²) in [7, 11) is 1.73. The molecule has 124 valence electrons. The molecular formula is C16H19Cl2N3O2. The van der Waals surface area contributed by atoms with E-state index in [9.17, 15) is 4.79 Å². The molecular weight excluding hydrogens is 337 g/mol. The molecule has 5 nitrogen and oxygen atoms in total. The van der Waals surface area contributed by atoms with Crippen LogP contribution in [0.15, 0.2) is 30.6 Å². The van der Waals surface area contributed by atoms with Crippen LogP contribution in [0.3, 0.4) is 0 Å². The van der Waals surface area contributed by atoms with Gasteiger partial charge in [0.25, 0.3) is 5.91 Å². The Morgan fingerprint density at radius 2 is 2.17 bits per heavy atom. The van der Waals surface area contributed by atoms with Crippen LogP contribution in [0.4, 0.5) is 0 Å². The molecule has 0 unspecified atom stereocenters. The SMILES string of the molecule is CCn1cc(CN(C)C(=O)[C@H](C)Oc2ccc(Cl)cc2Cl)cn1. The Kier molecular flexibility index (Phi) is 5.91. The zero-order chi connectivity index (χ0) is 17.0. The van der Waals surface area contributed by atoms with Crippen LogP contribution in [0.2, 0.25) is 10.0 Å². The Balaban J connectivity index is 1.97. The predicted molar refractivity (Wildman–Crippen MR) is 90.9 cm³/mol. The van der Waals surface area contributed by atoms with Crippen molar-refractivity contribution in [2.45, 2.75) is 33.0 Å². The lowest BCUT2D eigenvalue weighted by atomic mass is 10.3. The van der Waals surface area contributed by atoms with Gasteiger partial charge in [0.15, 0.2) is 6.10 Å². The number of aryl methyl sites for hydroxylation is 1. The highest BCUT2D eigenvalue weighted by atomic mass is 35.5.